The Balaban J connectivity index is 1.75. The molecule has 0 aliphatic carbocycles. The Hall–Kier alpha value is -1.72. The van der Waals surface area contributed by atoms with Crippen molar-refractivity contribution in [3.63, 3.8) is 0 Å². The van der Waals surface area contributed by atoms with Crippen molar-refractivity contribution in [3.05, 3.63) is 57.5 Å². The first-order chi connectivity index (χ1) is 10.6. The third-order valence-electron chi connectivity index (χ3n) is 2.92. The minimum absolute atomic E-state index is 0.277. The highest BCUT2D eigenvalue weighted by Crippen LogP contribution is 2.23. The molecule has 0 saturated heterocycles. The van der Waals surface area contributed by atoms with Crippen molar-refractivity contribution in [1.82, 2.24) is 5.32 Å². The number of benzene rings is 2. The van der Waals surface area contributed by atoms with Crippen LogP contribution in [0, 0.1) is 6.92 Å². The zero-order valence-corrected chi connectivity index (χ0v) is 14.4. The fraction of sp³-hybridized carbons (Fsp3) is 0.188. The molecule has 0 unspecified atom stereocenters. The van der Waals surface area contributed by atoms with E-state index in [-0.39, 0.29) is 6.03 Å². The Morgan fingerprint density at radius 2 is 2.05 bits per heavy atom. The first kappa shape index (κ1) is 16.6. The van der Waals surface area contributed by atoms with E-state index in [0.717, 1.165) is 21.5 Å². The first-order valence-electron chi connectivity index (χ1n) is 6.74. The first-order valence-corrected chi connectivity index (χ1v) is 7.91. The van der Waals surface area contributed by atoms with Crippen molar-refractivity contribution in [2.45, 2.75) is 6.92 Å². The zero-order valence-electron chi connectivity index (χ0n) is 12.0. The summed E-state index contributed by atoms with van der Waals surface area (Å²) in [6.45, 7) is 2.67. The van der Waals surface area contributed by atoms with Gasteiger partial charge in [-0.1, -0.05) is 23.7 Å². The van der Waals surface area contributed by atoms with Crippen molar-refractivity contribution in [2.75, 3.05) is 18.5 Å². The summed E-state index contributed by atoms with van der Waals surface area (Å²) in [4.78, 5) is 11.8. The van der Waals surface area contributed by atoms with Gasteiger partial charge in [0.1, 0.15) is 12.4 Å². The number of hydrogen-bond acceptors (Lipinski definition) is 2. The predicted octanol–water partition coefficient (Wildman–Crippen LogP) is 4.61. The zero-order chi connectivity index (χ0) is 15.9. The molecule has 22 heavy (non-hydrogen) atoms. The minimum atomic E-state index is -0.277. The van der Waals surface area contributed by atoms with E-state index in [2.05, 4.69) is 26.6 Å². The second-order valence-corrected chi connectivity index (χ2v) is 5.91. The van der Waals surface area contributed by atoms with E-state index in [4.69, 9.17) is 16.3 Å². The van der Waals surface area contributed by atoms with Crippen LogP contribution in [0.1, 0.15) is 5.56 Å². The van der Waals surface area contributed by atoms with Crippen LogP contribution in [-0.2, 0) is 0 Å². The number of halogens is 2. The van der Waals surface area contributed by atoms with Gasteiger partial charge in [0.15, 0.2) is 0 Å². The highest BCUT2D eigenvalue weighted by molar-refractivity contribution is 9.10. The van der Waals surface area contributed by atoms with Crippen LogP contribution in [0.3, 0.4) is 0 Å². The van der Waals surface area contributed by atoms with Gasteiger partial charge >= 0.3 is 6.03 Å². The van der Waals surface area contributed by atoms with Crippen LogP contribution in [0.25, 0.3) is 0 Å². The topological polar surface area (TPSA) is 50.4 Å². The third-order valence-corrected chi connectivity index (χ3v) is 3.81. The Morgan fingerprint density at radius 1 is 1.27 bits per heavy atom. The molecule has 6 heteroatoms. The number of nitrogens with one attached hydrogen (secondary N) is 2. The summed E-state index contributed by atoms with van der Waals surface area (Å²) in [6.07, 6.45) is 0. The lowest BCUT2D eigenvalue weighted by molar-refractivity contribution is 0.247. The minimum Gasteiger partial charge on any atom is -0.491 e. The number of anilines is 1. The third kappa shape index (κ3) is 4.93. The maximum Gasteiger partial charge on any atom is 0.319 e. The number of rotatable bonds is 5. The molecule has 2 aromatic carbocycles. The second-order valence-electron chi connectivity index (χ2n) is 4.62. The second kappa shape index (κ2) is 8.06. The molecule has 0 atom stereocenters. The summed E-state index contributed by atoms with van der Waals surface area (Å²) in [5, 5.41) is 6.16. The van der Waals surface area contributed by atoms with E-state index in [9.17, 15) is 4.79 Å². The maximum absolute atomic E-state index is 11.8. The molecule has 4 nitrogen and oxygen atoms in total. The number of ether oxygens (including phenoxy) is 1. The van der Waals surface area contributed by atoms with Gasteiger partial charge in [-0.2, -0.15) is 0 Å². The van der Waals surface area contributed by atoms with Crippen molar-refractivity contribution in [2.24, 2.45) is 0 Å². The standard InChI is InChI=1S/C16H16BrClN2O2/c1-11-10-12(18)6-7-14(11)20-16(21)19-8-9-22-15-5-3-2-4-13(15)17/h2-7,10H,8-9H2,1H3,(H2,19,20,21). The lowest BCUT2D eigenvalue weighted by Gasteiger charge is -2.11. The summed E-state index contributed by atoms with van der Waals surface area (Å²) in [5.41, 5.74) is 1.64. The largest absolute Gasteiger partial charge is 0.491 e. The highest BCUT2D eigenvalue weighted by Gasteiger charge is 2.05. The van der Waals surface area contributed by atoms with Crippen LogP contribution < -0.4 is 15.4 Å². The molecule has 0 aromatic heterocycles. The summed E-state index contributed by atoms with van der Waals surface area (Å²) in [6, 6.07) is 12.6. The van der Waals surface area contributed by atoms with Gasteiger partial charge in [-0.3, -0.25) is 0 Å². The van der Waals surface area contributed by atoms with Gasteiger partial charge < -0.3 is 15.4 Å². The summed E-state index contributed by atoms with van der Waals surface area (Å²) in [7, 11) is 0. The fourth-order valence-corrected chi connectivity index (χ4v) is 2.45. The Morgan fingerprint density at radius 3 is 2.77 bits per heavy atom. The van der Waals surface area contributed by atoms with E-state index >= 15 is 0 Å². The molecule has 0 radical (unpaired) electrons. The van der Waals surface area contributed by atoms with Gasteiger partial charge in [0, 0.05) is 10.7 Å². The Kier molecular flexibility index (Phi) is 6.10. The highest BCUT2D eigenvalue weighted by atomic mass is 79.9. The average Bonchev–Trinajstić information content (AvgIpc) is 2.48. The van der Waals surface area contributed by atoms with Crippen LogP contribution in [0.2, 0.25) is 5.02 Å². The van der Waals surface area contributed by atoms with E-state index in [1.165, 1.54) is 0 Å². The van der Waals surface area contributed by atoms with Crippen molar-refractivity contribution in [1.29, 1.82) is 0 Å². The maximum atomic E-state index is 11.8. The molecule has 2 N–H and O–H groups in total. The number of carbonyl (C=O) groups is 1. The Labute approximate surface area is 142 Å². The van der Waals surface area contributed by atoms with Crippen molar-refractivity contribution in [3.8, 4) is 5.75 Å². The number of carbonyl (C=O) groups excluding carboxylic acids is 1. The molecule has 0 aliphatic rings. The van der Waals surface area contributed by atoms with Gasteiger partial charge in [-0.25, -0.2) is 4.79 Å². The SMILES string of the molecule is Cc1cc(Cl)ccc1NC(=O)NCCOc1ccccc1Br. The quantitative estimate of drug-likeness (QED) is 0.741. The molecule has 0 saturated carbocycles. The number of amides is 2. The van der Waals surface area contributed by atoms with Gasteiger partial charge in [-0.15, -0.1) is 0 Å². The lowest BCUT2D eigenvalue weighted by Crippen LogP contribution is -2.32. The monoisotopic (exact) mass is 382 g/mol. The van der Waals surface area contributed by atoms with Crippen LogP contribution in [-0.4, -0.2) is 19.2 Å². The van der Waals surface area contributed by atoms with E-state index in [1.54, 1.807) is 18.2 Å². The molecule has 0 fully saturated rings. The Bertz CT molecular complexity index is 664. The summed E-state index contributed by atoms with van der Waals surface area (Å²) in [5.74, 6) is 0.748. The molecule has 2 aromatic rings. The lowest BCUT2D eigenvalue weighted by atomic mass is 10.2. The molecule has 0 heterocycles. The summed E-state index contributed by atoms with van der Waals surface area (Å²) < 4.78 is 6.46. The van der Waals surface area contributed by atoms with Gasteiger partial charge in [0.25, 0.3) is 0 Å². The number of para-hydroxylation sites is 1. The average molecular weight is 384 g/mol. The van der Waals surface area contributed by atoms with Crippen LogP contribution in [0.5, 0.6) is 5.75 Å². The van der Waals surface area contributed by atoms with Gasteiger partial charge in [0.2, 0.25) is 0 Å². The van der Waals surface area contributed by atoms with E-state index in [1.807, 2.05) is 31.2 Å². The van der Waals surface area contributed by atoms with Gasteiger partial charge in [-0.05, 0) is 58.7 Å². The molecular formula is C16H16BrClN2O2. The molecule has 116 valence electrons. The summed E-state index contributed by atoms with van der Waals surface area (Å²) >= 11 is 9.28. The molecule has 0 bridgehead atoms. The van der Waals surface area contributed by atoms with Crippen molar-refractivity contribution >= 4 is 39.2 Å². The smallest absolute Gasteiger partial charge is 0.319 e. The van der Waals surface area contributed by atoms with Crippen LogP contribution >= 0.6 is 27.5 Å². The van der Waals surface area contributed by atoms with E-state index < -0.39 is 0 Å². The predicted molar refractivity (Wildman–Crippen MR) is 92.8 cm³/mol. The number of urea groups is 1. The van der Waals surface area contributed by atoms with Crippen LogP contribution in [0.4, 0.5) is 10.5 Å². The molecule has 0 aliphatic heterocycles. The molecular weight excluding hydrogens is 368 g/mol. The van der Waals surface area contributed by atoms with E-state index in [0.29, 0.717) is 18.2 Å². The fourth-order valence-electron chi connectivity index (χ4n) is 1.82. The van der Waals surface area contributed by atoms with Gasteiger partial charge in [0.05, 0.1) is 11.0 Å². The number of aryl methyl sites for hydroxylation is 1. The molecule has 2 amide bonds. The molecule has 2 rings (SSSR count). The molecule has 0 spiro atoms. The van der Waals surface area contributed by atoms with Crippen molar-refractivity contribution < 1.29 is 9.53 Å². The normalized spacial score (nSPS) is 10.1. The van der Waals surface area contributed by atoms with Crippen LogP contribution in [0.15, 0.2) is 46.9 Å². The number of hydrogen-bond donors (Lipinski definition) is 2.